The number of aliphatic carboxylic acids is 1. The van der Waals surface area contributed by atoms with E-state index >= 15 is 0 Å². The fourth-order valence-corrected chi connectivity index (χ4v) is 1.93. The molecule has 0 aromatic carbocycles. The molecule has 0 heterocycles. The summed E-state index contributed by atoms with van der Waals surface area (Å²) < 4.78 is 0. The van der Waals surface area contributed by atoms with Crippen molar-refractivity contribution in [2.75, 3.05) is 6.54 Å². The van der Waals surface area contributed by atoms with Gasteiger partial charge in [-0.3, -0.25) is 4.79 Å². The first-order valence-electron chi connectivity index (χ1n) is 6.91. The lowest BCUT2D eigenvalue weighted by atomic mass is 9.96. The standard InChI is InChI=1S/C13H23N3O4/c1-4-7-14-10(17)8(2)15-12(20)16-13(3,11(18)19)9-5-6-9/h8-9H,4-7H2,1-3H3,(H,14,17)(H,18,19)(H2,15,16,20). The monoisotopic (exact) mass is 285 g/mol. The summed E-state index contributed by atoms with van der Waals surface area (Å²) in [5, 5.41) is 16.8. The van der Waals surface area contributed by atoms with Crippen molar-refractivity contribution < 1.29 is 19.5 Å². The van der Waals surface area contributed by atoms with E-state index in [2.05, 4.69) is 16.0 Å². The summed E-state index contributed by atoms with van der Waals surface area (Å²) in [6, 6.07) is -1.35. The highest BCUT2D eigenvalue weighted by Gasteiger charge is 2.48. The molecule has 20 heavy (non-hydrogen) atoms. The summed E-state index contributed by atoms with van der Waals surface area (Å²) in [6.07, 6.45) is 2.38. The molecule has 1 aliphatic carbocycles. The molecule has 1 saturated carbocycles. The van der Waals surface area contributed by atoms with Gasteiger partial charge in [0.1, 0.15) is 11.6 Å². The van der Waals surface area contributed by atoms with Gasteiger partial charge in [0, 0.05) is 6.54 Å². The molecule has 1 fully saturated rings. The third-order valence-electron chi connectivity index (χ3n) is 3.50. The molecular weight excluding hydrogens is 262 g/mol. The molecule has 0 saturated heterocycles. The van der Waals surface area contributed by atoms with Gasteiger partial charge in [-0.1, -0.05) is 6.92 Å². The van der Waals surface area contributed by atoms with Crippen LogP contribution in [-0.2, 0) is 9.59 Å². The lowest BCUT2D eigenvalue weighted by Gasteiger charge is -2.27. The first kappa shape index (κ1) is 16.3. The largest absolute Gasteiger partial charge is 0.480 e. The lowest BCUT2D eigenvalue weighted by molar-refractivity contribution is -0.144. The average molecular weight is 285 g/mol. The molecule has 1 aliphatic rings. The topological polar surface area (TPSA) is 108 Å². The van der Waals surface area contributed by atoms with E-state index in [4.69, 9.17) is 0 Å². The van der Waals surface area contributed by atoms with E-state index in [1.54, 1.807) is 6.92 Å². The highest BCUT2D eigenvalue weighted by atomic mass is 16.4. The zero-order valence-corrected chi connectivity index (χ0v) is 12.2. The van der Waals surface area contributed by atoms with Crippen LogP contribution in [0.1, 0.15) is 40.0 Å². The normalized spacial score (nSPS) is 18.6. The molecule has 1 rings (SSSR count). The van der Waals surface area contributed by atoms with E-state index in [1.165, 1.54) is 6.92 Å². The van der Waals surface area contributed by atoms with E-state index in [9.17, 15) is 19.5 Å². The summed E-state index contributed by atoms with van der Waals surface area (Å²) in [5.41, 5.74) is -1.27. The third-order valence-corrected chi connectivity index (χ3v) is 3.50. The van der Waals surface area contributed by atoms with Crippen molar-refractivity contribution in [1.82, 2.24) is 16.0 Å². The van der Waals surface area contributed by atoms with E-state index in [0.29, 0.717) is 6.54 Å². The van der Waals surface area contributed by atoms with Gasteiger partial charge in [-0.25, -0.2) is 9.59 Å². The van der Waals surface area contributed by atoms with Crippen LogP contribution in [0.4, 0.5) is 4.79 Å². The molecule has 4 N–H and O–H groups in total. The molecule has 114 valence electrons. The fourth-order valence-electron chi connectivity index (χ4n) is 1.93. The predicted octanol–water partition coefficient (Wildman–Crippen LogP) is 0.454. The Balaban J connectivity index is 2.50. The van der Waals surface area contributed by atoms with Crippen LogP contribution in [0.3, 0.4) is 0 Å². The van der Waals surface area contributed by atoms with Crippen LogP contribution < -0.4 is 16.0 Å². The highest BCUT2D eigenvalue weighted by molar-refractivity contribution is 5.90. The Bertz CT molecular complexity index is 395. The molecule has 0 spiro atoms. The Kier molecular flexibility index (Phi) is 5.35. The quantitative estimate of drug-likeness (QED) is 0.545. The van der Waals surface area contributed by atoms with Crippen molar-refractivity contribution in [3.8, 4) is 0 Å². The van der Waals surface area contributed by atoms with Crippen LogP contribution in [-0.4, -0.2) is 41.1 Å². The molecule has 0 radical (unpaired) electrons. The Morgan fingerprint density at radius 3 is 2.40 bits per heavy atom. The van der Waals surface area contributed by atoms with E-state index in [0.717, 1.165) is 19.3 Å². The zero-order valence-electron chi connectivity index (χ0n) is 12.2. The molecule has 0 aromatic heterocycles. The van der Waals surface area contributed by atoms with E-state index < -0.39 is 23.6 Å². The number of urea groups is 1. The Labute approximate surface area is 118 Å². The smallest absolute Gasteiger partial charge is 0.329 e. The maximum atomic E-state index is 11.8. The van der Waals surface area contributed by atoms with Crippen molar-refractivity contribution in [2.24, 2.45) is 5.92 Å². The number of nitrogens with one attached hydrogen (secondary N) is 3. The zero-order chi connectivity index (χ0) is 15.3. The SMILES string of the molecule is CCCNC(=O)C(C)NC(=O)NC(C)(C(=O)O)C1CC1. The van der Waals surface area contributed by atoms with Crippen LogP contribution in [0.2, 0.25) is 0 Å². The molecule has 3 amide bonds. The number of hydrogen-bond donors (Lipinski definition) is 4. The predicted molar refractivity (Wildman–Crippen MR) is 73.2 cm³/mol. The van der Waals surface area contributed by atoms with Gasteiger partial charge < -0.3 is 21.1 Å². The third kappa shape index (κ3) is 4.11. The van der Waals surface area contributed by atoms with Gasteiger partial charge in [-0.05, 0) is 39.0 Å². The molecule has 2 unspecified atom stereocenters. The van der Waals surface area contributed by atoms with Crippen molar-refractivity contribution >= 4 is 17.9 Å². The summed E-state index contributed by atoms with van der Waals surface area (Å²) in [7, 11) is 0. The lowest BCUT2D eigenvalue weighted by Crippen LogP contribution is -2.59. The molecule has 7 heteroatoms. The molecule has 0 bridgehead atoms. The van der Waals surface area contributed by atoms with Gasteiger partial charge in [0.2, 0.25) is 5.91 Å². The summed E-state index contributed by atoms with van der Waals surface area (Å²) >= 11 is 0. The van der Waals surface area contributed by atoms with E-state index in [-0.39, 0.29) is 11.8 Å². The van der Waals surface area contributed by atoms with Crippen LogP contribution in [0, 0.1) is 5.92 Å². The van der Waals surface area contributed by atoms with Gasteiger partial charge in [-0.2, -0.15) is 0 Å². The molecular formula is C13H23N3O4. The van der Waals surface area contributed by atoms with Gasteiger partial charge >= 0.3 is 12.0 Å². The maximum Gasteiger partial charge on any atom is 0.329 e. The van der Waals surface area contributed by atoms with Gasteiger partial charge in [0.05, 0.1) is 0 Å². The number of rotatable bonds is 7. The van der Waals surface area contributed by atoms with Crippen molar-refractivity contribution in [3.05, 3.63) is 0 Å². The second kappa shape index (κ2) is 6.58. The van der Waals surface area contributed by atoms with Crippen LogP contribution in [0.5, 0.6) is 0 Å². The Morgan fingerprint density at radius 2 is 1.95 bits per heavy atom. The summed E-state index contributed by atoms with van der Waals surface area (Å²) in [6.45, 7) is 5.52. The number of carbonyl (C=O) groups excluding carboxylic acids is 2. The number of amides is 3. The summed E-state index contributed by atoms with van der Waals surface area (Å²) in [5.74, 6) is -1.39. The number of carboxylic acid groups (broad SMARTS) is 1. The van der Waals surface area contributed by atoms with Crippen LogP contribution in [0.25, 0.3) is 0 Å². The first-order valence-corrected chi connectivity index (χ1v) is 6.91. The minimum atomic E-state index is -1.27. The van der Waals surface area contributed by atoms with Gasteiger partial charge in [0.15, 0.2) is 0 Å². The number of hydrogen-bond acceptors (Lipinski definition) is 3. The first-order chi connectivity index (χ1) is 9.31. The van der Waals surface area contributed by atoms with Crippen LogP contribution >= 0.6 is 0 Å². The number of carbonyl (C=O) groups is 3. The molecule has 2 atom stereocenters. The second-order valence-electron chi connectivity index (χ2n) is 5.39. The van der Waals surface area contributed by atoms with Crippen molar-refractivity contribution in [1.29, 1.82) is 0 Å². The Morgan fingerprint density at radius 1 is 1.35 bits per heavy atom. The molecule has 0 aliphatic heterocycles. The highest BCUT2D eigenvalue weighted by Crippen LogP contribution is 2.39. The van der Waals surface area contributed by atoms with E-state index in [1.807, 2.05) is 6.92 Å². The van der Waals surface area contributed by atoms with Crippen molar-refractivity contribution in [3.63, 3.8) is 0 Å². The van der Waals surface area contributed by atoms with Gasteiger partial charge in [-0.15, -0.1) is 0 Å². The van der Waals surface area contributed by atoms with Crippen molar-refractivity contribution in [2.45, 2.75) is 51.6 Å². The van der Waals surface area contributed by atoms with Crippen LogP contribution in [0.15, 0.2) is 0 Å². The number of carboxylic acids is 1. The average Bonchev–Trinajstić information content (AvgIpc) is 3.19. The summed E-state index contributed by atoms with van der Waals surface area (Å²) in [4.78, 5) is 34.7. The second-order valence-corrected chi connectivity index (χ2v) is 5.39. The molecule has 0 aromatic rings. The minimum absolute atomic E-state index is 0.0463. The Hall–Kier alpha value is -1.79. The molecule has 7 nitrogen and oxygen atoms in total. The van der Waals surface area contributed by atoms with Gasteiger partial charge in [0.25, 0.3) is 0 Å². The minimum Gasteiger partial charge on any atom is -0.480 e. The fraction of sp³-hybridized carbons (Fsp3) is 0.769. The maximum absolute atomic E-state index is 11.8.